The first-order valence-electron chi connectivity index (χ1n) is 17.1. The highest BCUT2D eigenvalue weighted by Crippen LogP contribution is 2.41. The minimum atomic E-state index is 0.593. The molecule has 51 heavy (non-hydrogen) atoms. The summed E-state index contributed by atoms with van der Waals surface area (Å²) in [7, 11) is 0. The van der Waals surface area contributed by atoms with Crippen molar-refractivity contribution in [3.63, 3.8) is 0 Å². The normalized spacial score (nSPS) is 11.5. The predicted molar refractivity (Wildman–Crippen MR) is 209 cm³/mol. The van der Waals surface area contributed by atoms with Gasteiger partial charge < -0.3 is 4.42 Å². The van der Waals surface area contributed by atoms with Gasteiger partial charge in [0.05, 0.1) is 0 Å². The Bertz CT molecular complexity index is 2900. The minimum absolute atomic E-state index is 0.593. The summed E-state index contributed by atoms with van der Waals surface area (Å²) in [5.41, 5.74) is 8.85. The van der Waals surface area contributed by atoms with Gasteiger partial charge in [0, 0.05) is 27.5 Å². The average Bonchev–Trinajstić information content (AvgIpc) is 3.59. The molecule has 0 saturated carbocycles. The second-order valence-electron chi connectivity index (χ2n) is 12.8. The first kappa shape index (κ1) is 29.0. The number of furan rings is 1. The van der Waals surface area contributed by atoms with Crippen molar-refractivity contribution < 1.29 is 4.42 Å². The van der Waals surface area contributed by atoms with E-state index >= 15 is 0 Å². The molecular weight excluding hydrogens is 623 g/mol. The van der Waals surface area contributed by atoms with Gasteiger partial charge >= 0.3 is 0 Å². The molecule has 4 heteroatoms. The van der Waals surface area contributed by atoms with Crippen LogP contribution in [0.2, 0.25) is 0 Å². The Hall–Kier alpha value is -6.91. The second-order valence-corrected chi connectivity index (χ2v) is 12.8. The van der Waals surface area contributed by atoms with Gasteiger partial charge in [-0.15, -0.1) is 0 Å². The molecule has 8 aromatic carbocycles. The Morgan fingerprint density at radius 2 is 0.824 bits per heavy atom. The molecule has 0 bridgehead atoms. The summed E-state index contributed by atoms with van der Waals surface area (Å²) in [5.74, 6) is 1.82. The molecule has 0 fully saturated rings. The van der Waals surface area contributed by atoms with Gasteiger partial charge in [0.15, 0.2) is 17.5 Å². The van der Waals surface area contributed by atoms with Gasteiger partial charge in [-0.1, -0.05) is 158 Å². The van der Waals surface area contributed by atoms with Crippen LogP contribution in [0.25, 0.3) is 99.9 Å². The molecule has 0 aliphatic rings. The lowest BCUT2D eigenvalue weighted by Crippen LogP contribution is -2.00. The first-order chi connectivity index (χ1) is 25.3. The van der Waals surface area contributed by atoms with Crippen molar-refractivity contribution in [1.82, 2.24) is 15.0 Å². The van der Waals surface area contributed by atoms with Crippen molar-refractivity contribution in [2.24, 2.45) is 0 Å². The monoisotopic (exact) mass is 651 g/mol. The zero-order valence-corrected chi connectivity index (χ0v) is 27.5. The zero-order valence-electron chi connectivity index (χ0n) is 27.5. The van der Waals surface area contributed by atoms with E-state index in [0.717, 1.165) is 55.3 Å². The smallest absolute Gasteiger partial charge is 0.164 e. The number of benzene rings is 8. The van der Waals surface area contributed by atoms with Crippen LogP contribution in [-0.2, 0) is 0 Å². The molecular formula is C47H29N3O. The van der Waals surface area contributed by atoms with Crippen molar-refractivity contribution in [3.8, 4) is 56.4 Å². The predicted octanol–water partition coefficient (Wildman–Crippen LogP) is 12.4. The number of hydrogen-bond donors (Lipinski definition) is 0. The molecule has 0 amide bonds. The van der Waals surface area contributed by atoms with Crippen LogP contribution in [0.5, 0.6) is 0 Å². The summed E-state index contributed by atoms with van der Waals surface area (Å²) >= 11 is 0. The fraction of sp³-hybridized carbons (Fsp3) is 0. The number of aromatic nitrogens is 3. The molecule has 0 unspecified atom stereocenters. The number of fused-ring (bicyclic) bond motifs is 5. The van der Waals surface area contributed by atoms with E-state index in [1.54, 1.807) is 0 Å². The molecule has 0 radical (unpaired) electrons. The fourth-order valence-electron chi connectivity index (χ4n) is 7.28. The van der Waals surface area contributed by atoms with Gasteiger partial charge in [0.25, 0.3) is 0 Å². The Kier molecular flexibility index (Phi) is 6.78. The number of hydrogen-bond acceptors (Lipinski definition) is 4. The molecule has 0 saturated heterocycles. The van der Waals surface area contributed by atoms with E-state index in [9.17, 15) is 0 Å². The Balaban J connectivity index is 1.20. The van der Waals surface area contributed by atoms with Crippen molar-refractivity contribution in [3.05, 3.63) is 176 Å². The third-order valence-corrected chi connectivity index (χ3v) is 9.73. The molecule has 0 aliphatic heterocycles. The van der Waals surface area contributed by atoms with Crippen LogP contribution in [0.4, 0.5) is 0 Å². The Labute approximate surface area is 294 Å². The molecule has 10 rings (SSSR count). The zero-order chi connectivity index (χ0) is 33.7. The summed E-state index contributed by atoms with van der Waals surface area (Å²) in [4.78, 5) is 15.4. The van der Waals surface area contributed by atoms with Crippen LogP contribution in [0.3, 0.4) is 0 Å². The molecule has 238 valence electrons. The maximum atomic E-state index is 6.53. The number of para-hydroxylation sites is 1. The summed E-state index contributed by atoms with van der Waals surface area (Å²) in [6, 6.07) is 61.0. The third kappa shape index (κ3) is 5.04. The van der Waals surface area contributed by atoms with Gasteiger partial charge in [-0.3, -0.25) is 0 Å². The van der Waals surface area contributed by atoms with Crippen molar-refractivity contribution >= 4 is 43.5 Å². The third-order valence-electron chi connectivity index (χ3n) is 9.73. The van der Waals surface area contributed by atoms with E-state index in [1.165, 1.54) is 27.1 Å². The molecule has 0 spiro atoms. The van der Waals surface area contributed by atoms with Gasteiger partial charge in [0.2, 0.25) is 0 Å². The summed E-state index contributed by atoms with van der Waals surface area (Å²) in [6.45, 7) is 0. The standard InChI is InChI=1S/C47H29N3O/c1-2-14-33(15-3-1)45-48-46(34-26-24-32(25-27-34)38-21-10-16-30-12-4-6-18-36(30)38)50-47(49-45)41-28-35(39-22-11-17-31-13-5-7-19-37(31)39)29-43-44(41)40-20-8-9-23-42(40)51-43/h1-29H. The summed E-state index contributed by atoms with van der Waals surface area (Å²) in [5, 5.41) is 6.81. The van der Waals surface area contributed by atoms with E-state index in [0.29, 0.717) is 17.5 Å². The van der Waals surface area contributed by atoms with Crippen molar-refractivity contribution in [2.45, 2.75) is 0 Å². The lowest BCUT2D eigenvalue weighted by molar-refractivity contribution is 0.669. The lowest BCUT2D eigenvalue weighted by atomic mass is 9.94. The van der Waals surface area contributed by atoms with Crippen LogP contribution >= 0.6 is 0 Å². The Morgan fingerprint density at radius 3 is 1.51 bits per heavy atom. The van der Waals surface area contributed by atoms with E-state index in [-0.39, 0.29) is 0 Å². The van der Waals surface area contributed by atoms with Gasteiger partial charge in [-0.25, -0.2) is 15.0 Å². The SMILES string of the molecule is c1ccc(-c2nc(-c3ccc(-c4cccc5ccccc45)cc3)nc(-c3cc(-c4cccc5ccccc45)cc4oc5ccccc5c34)n2)cc1. The molecule has 0 N–H and O–H groups in total. The fourth-order valence-corrected chi connectivity index (χ4v) is 7.28. The van der Waals surface area contributed by atoms with E-state index in [1.807, 2.05) is 48.5 Å². The van der Waals surface area contributed by atoms with Crippen LogP contribution in [0.15, 0.2) is 180 Å². The lowest BCUT2D eigenvalue weighted by Gasteiger charge is -2.12. The molecule has 0 atom stereocenters. The molecule has 10 aromatic rings. The van der Waals surface area contributed by atoms with Gasteiger partial charge in [0.1, 0.15) is 11.2 Å². The van der Waals surface area contributed by atoms with Gasteiger partial charge in [-0.05, 0) is 62.0 Å². The van der Waals surface area contributed by atoms with E-state index < -0.39 is 0 Å². The summed E-state index contributed by atoms with van der Waals surface area (Å²) in [6.07, 6.45) is 0. The molecule has 4 nitrogen and oxygen atoms in total. The average molecular weight is 652 g/mol. The topological polar surface area (TPSA) is 51.8 Å². The maximum Gasteiger partial charge on any atom is 0.164 e. The molecule has 2 heterocycles. The van der Waals surface area contributed by atoms with Crippen molar-refractivity contribution in [2.75, 3.05) is 0 Å². The van der Waals surface area contributed by atoms with Crippen LogP contribution in [0, 0.1) is 0 Å². The van der Waals surface area contributed by atoms with Gasteiger partial charge in [-0.2, -0.15) is 0 Å². The van der Waals surface area contributed by atoms with Crippen molar-refractivity contribution in [1.29, 1.82) is 0 Å². The van der Waals surface area contributed by atoms with E-state index in [2.05, 4.69) is 127 Å². The molecule has 2 aromatic heterocycles. The highest BCUT2D eigenvalue weighted by atomic mass is 16.3. The van der Waals surface area contributed by atoms with E-state index in [4.69, 9.17) is 19.4 Å². The summed E-state index contributed by atoms with van der Waals surface area (Å²) < 4.78 is 6.53. The highest BCUT2D eigenvalue weighted by Gasteiger charge is 2.20. The second kappa shape index (κ2) is 11.9. The van der Waals surface area contributed by atoms with Crippen LogP contribution in [-0.4, -0.2) is 15.0 Å². The quantitative estimate of drug-likeness (QED) is 0.186. The number of nitrogens with zero attached hydrogens (tertiary/aromatic N) is 3. The maximum absolute atomic E-state index is 6.53. The highest BCUT2D eigenvalue weighted by molar-refractivity contribution is 6.14. The van der Waals surface area contributed by atoms with Crippen LogP contribution < -0.4 is 0 Å². The largest absolute Gasteiger partial charge is 0.456 e. The number of rotatable bonds is 5. The minimum Gasteiger partial charge on any atom is -0.456 e. The first-order valence-corrected chi connectivity index (χ1v) is 17.1. The Morgan fingerprint density at radius 1 is 0.314 bits per heavy atom. The molecule has 0 aliphatic carbocycles. The van der Waals surface area contributed by atoms with Crippen LogP contribution in [0.1, 0.15) is 0 Å².